The molecule has 1 aromatic carbocycles. The zero-order valence-corrected chi connectivity index (χ0v) is 8.83. The van der Waals surface area contributed by atoms with Gasteiger partial charge in [-0.1, -0.05) is 25.1 Å². The van der Waals surface area contributed by atoms with E-state index >= 15 is 0 Å². The highest BCUT2D eigenvalue weighted by Gasteiger charge is 2.39. The van der Waals surface area contributed by atoms with Gasteiger partial charge in [-0.05, 0) is 35.3 Å². The molecule has 1 fully saturated rings. The van der Waals surface area contributed by atoms with Crippen molar-refractivity contribution in [3.05, 3.63) is 36.0 Å². The Balaban J connectivity index is 2.36. The summed E-state index contributed by atoms with van der Waals surface area (Å²) in [4.78, 5) is 4.13. The summed E-state index contributed by atoms with van der Waals surface area (Å²) in [6.07, 6.45) is 4.37. The molecule has 0 atom stereocenters. The van der Waals surface area contributed by atoms with Crippen LogP contribution in [0.15, 0.2) is 30.5 Å². The van der Waals surface area contributed by atoms with Gasteiger partial charge in [0, 0.05) is 11.6 Å². The first-order valence-corrected chi connectivity index (χ1v) is 5.34. The first-order chi connectivity index (χ1) is 7.21. The van der Waals surface area contributed by atoms with Crippen LogP contribution in [0.3, 0.4) is 0 Å². The molecule has 0 bridgehead atoms. The van der Waals surface area contributed by atoms with Crippen LogP contribution in [-0.4, -0.2) is 4.98 Å². The van der Waals surface area contributed by atoms with Crippen molar-refractivity contribution in [3.63, 3.8) is 0 Å². The minimum atomic E-state index is 0.382. The van der Waals surface area contributed by atoms with E-state index in [0.717, 1.165) is 5.39 Å². The number of nitrogens with two attached hydrogens (primary N) is 1. The topological polar surface area (TPSA) is 38.9 Å². The van der Waals surface area contributed by atoms with E-state index in [1.54, 1.807) is 6.20 Å². The van der Waals surface area contributed by atoms with Gasteiger partial charge in [-0.25, -0.2) is 4.98 Å². The second-order valence-electron chi connectivity index (χ2n) is 4.66. The molecule has 1 aliphatic carbocycles. The summed E-state index contributed by atoms with van der Waals surface area (Å²) >= 11 is 0. The predicted molar refractivity (Wildman–Crippen MR) is 62.7 cm³/mol. The van der Waals surface area contributed by atoms with Gasteiger partial charge in [0.15, 0.2) is 0 Å². The Morgan fingerprint density at radius 3 is 2.73 bits per heavy atom. The second-order valence-corrected chi connectivity index (χ2v) is 4.66. The largest absolute Gasteiger partial charge is 0.383 e. The number of hydrogen-bond acceptors (Lipinski definition) is 2. The van der Waals surface area contributed by atoms with Crippen molar-refractivity contribution in [1.29, 1.82) is 0 Å². The van der Waals surface area contributed by atoms with Crippen LogP contribution in [0.4, 0.5) is 5.82 Å². The molecule has 76 valence electrons. The fourth-order valence-corrected chi connectivity index (χ4v) is 2.21. The van der Waals surface area contributed by atoms with Gasteiger partial charge < -0.3 is 5.73 Å². The van der Waals surface area contributed by atoms with Crippen LogP contribution < -0.4 is 5.73 Å². The minimum absolute atomic E-state index is 0.382. The molecule has 0 spiro atoms. The van der Waals surface area contributed by atoms with E-state index in [0.29, 0.717) is 11.2 Å². The molecule has 0 saturated heterocycles. The van der Waals surface area contributed by atoms with Crippen molar-refractivity contribution < 1.29 is 0 Å². The zero-order valence-electron chi connectivity index (χ0n) is 8.83. The SMILES string of the molecule is CC1(c2cccc3c(N)nccc23)CC1. The Bertz CT molecular complexity index is 527. The van der Waals surface area contributed by atoms with E-state index in [9.17, 15) is 0 Å². The van der Waals surface area contributed by atoms with Crippen LogP contribution in [0.1, 0.15) is 25.3 Å². The Labute approximate surface area is 89.1 Å². The minimum Gasteiger partial charge on any atom is -0.383 e. The molecule has 0 unspecified atom stereocenters. The molecule has 1 aliphatic rings. The average Bonchev–Trinajstić information content (AvgIpc) is 2.98. The van der Waals surface area contributed by atoms with Crippen molar-refractivity contribution in [2.45, 2.75) is 25.2 Å². The number of fused-ring (bicyclic) bond motifs is 1. The predicted octanol–water partition coefficient (Wildman–Crippen LogP) is 2.87. The molecule has 0 amide bonds. The van der Waals surface area contributed by atoms with Crippen molar-refractivity contribution in [2.24, 2.45) is 0 Å². The number of nitrogen functional groups attached to an aromatic ring is 1. The molecule has 1 heterocycles. The standard InChI is InChI=1S/C13H14N2/c1-13(6-7-13)11-4-2-3-10-9(11)5-8-15-12(10)14/h2-5,8H,6-7H2,1H3,(H2,14,15). The lowest BCUT2D eigenvalue weighted by atomic mass is 9.93. The first kappa shape index (κ1) is 8.72. The van der Waals surface area contributed by atoms with Crippen LogP contribution >= 0.6 is 0 Å². The molecular formula is C13H14N2. The molecule has 1 aromatic heterocycles. The smallest absolute Gasteiger partial charge is 0.131 e. The van der Waals surface area contributed by atoms with Crippen molar-refractivity contribution in [2.75, 3.05) is 5.73 Å². The maximum Gasteiger partial charge on any atom is 0.131 e. The molecule has 0 radical (unpaired) electrons. The van der Waals surface area contributed by atoms with Gasteiger partial charge in [0.2, 0.25) is 0 Å². The lowest BCUT2D eigenvalue weighted by Gasteiger charge is -2.12. The Morgan fingerprint density at radius 2 is 2.00 bits per heavy atom. The lowest BCUT2D eigenvalue weighted by Crippen LogP contribution is -2.01. The average molecular weight is 198 g/mol. The van der Waals surface area contributed by atoms with Crippen LogP contribution in [-0.2, 0) is 5.41 Å². The molecule has 2 N–H and O–H groups in total. The maximum absolute atomic E-state index is 5.88. The molecule has 2 aromatic rings. The molecule has 2 heteroatoms. The summed E-state index contributed by atoms with van der Waals surface area (Å²) < 4.78 is 0. The van der Waals surface area contributed by atoms with Gasteiger partial charge >= 0.3 is 0 Å². The van der Waals surface area contributed by atoms with E-state index in [1.165, 1.54) is 23.8 Å². The lowest BCUT2D eigenvalue weighted by molar-refractivity contribution is 0.797. The summed E-state index contributed by atoms with van der Waals surface area (Å²) in [5, 5.41) is 2.35. The van der Waals surface area contributed by atoms with Gasteiger partial charge in [0.05, 0.1) is 0 Å². The molecule has 1 saturated carbocycles. The van der Waals surface area contributed by atoms with Crippen LogP contribution in [0.2, 0.25) is 0 Å². The fraction of sp³-hybridized carbons (Fsp3) is 0.308. The molecule has 0 aliphatic heterocycles. The van der Waals surface area contributed by atoms with E-state index in [2.05, 4.69) is 30.1 Å². The van der Waals surface area contributed by atoms with E-state index in [1.807, 2.05) is 6.07 Å². The van der Waals surface area contributed by atoms with Gasteiger partial charge in [0.1, 0.15) is 5.82 Å². The molecule has 15 heavy (non-hydrogen) atoms. The number of rotatable bonds is 1. The Kier molecular flexibility index (Phi) is 1.58. The number of nitrogens with zero attached hydrogens (tertiary/aromatic N) is 1. The summed E-state index contributed by atoms with van der Waals surface area (Å²) in [6, 6.07) is 8.42. The number of aromatic nitrogens is 1. The highest BCUT2D eigenvalue weighted by molar-refractivity contribution is 5.93. The zero-order chi connectivity index (χ0) is 10.5. The molecular weight excluding hydrogens is 184 g/mol. The van der Waals surface area contributed by atoms with Crippen LogP contribution in [0.25, 0.3) is 10.8 Å². The van der Waals surface area contributed by atoms with Crippen molar-refractivity contribution in [3.8, 4) is 0 Å². The number of anilines is 1. The summed E-state index contributed by atoms with van der Waals surface area (Å²) in [7, 11) is 0. The Hall–Kier alpha value is -1.57. The van der Waals surface area contributed by atoms with Crippen molar-refractivity contribution in [1.82, 2.24) is 4.98 Å². The third kappa shape index (κ3) is 1.21. The van der Waals surface area contributed by atoms with E-state index in [-0.39, 0.29) is 0 Å². The maximum atomic E-state index is 5.88. The third-order valence-electron chi connectivity index (χ3n) is 3.49. The summed E-state index contributed by atoms with van der Waals surface area (Å²) in [5.74, 6) is 0.638. The molecule has 3 rings (SSSR count). The second kappa shape index (κ2) is 2.72. The summed E-state index contributed by atoms with van der Waals surface area (Å²) in [5.41, 5.74) is 7.69. The highest BCUT2D eigenvalue weighted by atomic mass is 14.8. The first-order valence-electron chi connectivity index (χ1n) is 5.34. The number of hydrogen-bond donors (Lipinski definition) is 1. The number of benzene rings is 1. The fourth-order valence-electron chi connectivity index (χ4n) is 2.21. The van der Waals surface area contributed by atoms with E-state index in [4.69, 9.17) is 5.73 Å². The van der Waals surface area contributed by atoms with Gasteiger partial charge in [-0.3, -0.25) is 0 Å². The van der Waals surface area contributed by atoms with Gasteiger partial charge in [-0.2, -0.15) is 0 Å². The van der Waals surface area contributed by atoms with Crippen molar-refractivity contribution >= 4 is 16.6 Å². The highest BCUT2D eigenvalue weighted by Crippen LogP contribution is 2.49. The van der Waals surface area contributed by atoms with Gasteiger partial charge in [-0.15, -0.1) is 0 Å². The monoisotopic (exact) mass is 198 g/mol. The third-order valence-corrected chi connectivity index (χ3v) is 3.49. The molecule has 2 nitrogen and oxygen atoms in total. The van der Waals surface area contributed by atoms with E-state index < -0.39 is 0 Å². The van der Waals surface area contributed by atoms with Crippen LogP contribution in [0, 0.1) is 0 Å². The quantitative estimate of drug-likeness (QED) is 0.765. The number of pyridine rings is 1. The summed E-state index contributed by atoms with van der Waals surface area (Å²) in [6.45, 7) is 2.32. The normalized spacial score (nSPS) is 17.9. The van der Waals surface area contributed by atoms with Gasteiger partial charge in [0.25, 0.3) is 0 Å². The van der Waals surface area contributed by atoms with Crippen LogP contribution in [0.5, 0.6) is 0 Å². The Morgan fingerprint density at radius 1 is 1.20 bits per heavy atom.